The van der Waals surface area contributed by atoms with E-state index in [0.29, 0.717) is 17.5 Å². The van der Waals surface area contributed by atoms with E-state index in [2.05, 4.69) is 15.8 Å². The zero-order valence-electron chi connectivity index (χ0n) is 13.1. The lowest BCUT2D eigenvalue weighted by molar-refractivity contribution is 0.362. The molecule has 0 unspecified atom stereocenters. The summed E-state index contributed by atoms with van der Waals surface area (Å²) in [5, 5.41) is 7.41. The Morgan fingerprint density at radius 3 is 2.70 bits per heavy atom. The second-order valence-corrected chi connectivity index (χ2v) is 5.36. The van der Waals surface area contributed by atoms with Gasteiger partial charge in [-0.25, -0.2) is 0 Å². The lowest BCUT2D eigenvalue weighted by Crippen LogP contribution is -2.23. The summed E-state index contributed by atoms with van der Waals surface area (Å²) in [5.41, 5.74) is 4.80. The summed E-state index contributed by atoms with van der Waals surface area (Å²) >= 11 is 5.16. The van der Waals surface area contributed by atoms with E-state index in [1.54, 1.807) is 24.6 Å². The standard InChI is InChI=1S/C17H19N3O2S/c1-13(2)9-11-22-15-7-5-14(6-8-15)19-17(23)20-18-12-16-4-3-10-21-16/h3-10,12H,11H2,1-2H3,(H2,19,20,23)/b18-12+. The van der Waals surface area contributed by atoms with Crippen LogP contribution in [0.15, 0.2) is 63.8 Å². The summed E-state index contributed by atoms with van der Waals surface area (Å²) in [6.07, 6.45) is 5.16. The zero-order chi connectivity index (χ0) is 16.5. The third-order valence-corrected chi connectivity index (χ3v) is 2.95. The van der Waals surface area contributed by atoms with Crippen molar-refractivity contribution in [2.45, 2.75) is 13.8 Å². The Bertz CT molecular complexity index is 672. The topological polar surface area (TPSA) is 58.8 Å². The quantitative estimate of drug-likeness (QED) is 0.364. The van der Waals surface area contributed by atoms with Crippen molar-refractivity contribution in [2.24, 2.45) is 5.10 Å². The molecule has 2 N–H and O–H groups in total. The molecule has 1 aromatic heterocycles. The van der Waals surface area contributed by atoms with Crippen LogP contribution in [0.1, 0.15) is 19.6 Å². The number of hydrogen-bond acceptors (Lipinski definition) is 4. The van der Waals surface area contributed by atoms with E-state index in [1.165, 1.54) is 5.57 Å². The van der Waals surface area contributed by atoms with Gasteiger partial charge in [0.05, 0.1) is 12.5 Å². The number of allylic oxidation sites excluding steroid dienone is 1. The highest BCUT2D eigenvalue weighted by molar-refractivity contribution is 7.80. The van der Waals surface area contributed by atoms with Crippen molar-refractivity contribution >= 4 is 29.2 Å². The van der Waals surface area contributed by atoms with E-state index >= 15 is 0 Å². The summed E-state index contributed by atoms with van der Waals surface area (Å²) in [7, 11) is 0. The van der Waals surface area contributed by atoms with Gasteiger partial charge in [0, 0.05) is 5.69 Å². The van der Waals surface area contributed by atoms with Crippen LogP contribution in [-0.2, 0) is 0 Å². The molecule has 0 saturated carbocycles. The molecule has 5 nitrogen and oxygen atoms in total. The van der Waals surface area contributed by atoms with Gasteiger partial charge in [-0.15, -0.1) is 0 Å². The zero-order valence-corrected chi connectivity index (χ0v) is 13.9. The number of rotatable bonds is 6. The van der Waals surface area contributed by atoms with Gasteiger partial charge in [0.25, 0.3) is 0 Å². The Hall–Kier alpha value is -2.60. The molecule has 0 amide bonds. The Kier molecular flexibility index (Phi) is 6.38. The fourth-order valence-corrected chi connectivity index (χ4v) is 1.79. The van der Waals surface area contributed by atoms with Crippen molar-refractivity contribution in [1.82, 2.24) is 5.43 Å². The molecule has 0 atom stereocenters. The maximum absolute atomic E-state index is 5.60. The highest BCUT2D eigenvalue weighted by Crippen LogP contribution is 2.15. The van der Waals surface area contributed by atoms with Gasteiger partial charge in [-0.05, 0) is 68.5 Å². The molecule has 1 heterocycles. The first-order valence-electron chi connectivity index (χ1n) is 7.13. The van der Waals surface area contributed by atoms with Crippen molar-refractivity contribution in [1.29, 1.82) is 0 Å². The average Bonchev–Trinajstić information content (AvgIpc) is 3.02. The second-order valence-electron chi connectivity index (χ2n) is 4.96. The molecule has 0 saturated heterocycles. The molecule has 2 aromatic rings. The Morgan fingerprint density at radius 1 is 1.26 bits per heavy atom. The number of thiocarbonyl (C=S) groups is 1. The molecule has 1 aromatic carbocycles. The normalized spacial score (nSPS) is 10.3. The predicted molar refractivity (Wildman–Crippen MR) is 97.0 cm³/mol. The minimum atomic E-state index is 0.394. The monoisotopic (exact) mass is 329 g/mol. The molecule has 0 bridgehead atoms. The van der Waals surface area contributed by atoms with Gasteiger partial charge >= 0.3 is 0 Å². The van der Waals surface area contributed by atoms with Crippen molar-refractivity contribution in [2.75, 3.05) is 11.9 Å². The van der Waals surface area contributed by atoms with Crippen LogP contribution in [0.2, 0.25) is 0 Å². The number of hydrogen-bond donors (Lipinski definition) is 2. The van der Waals surface area contributed by atoms with E-state index in [1.807, 2.05) is 44.2 Å². The minimum absolute atomic E-state index is 0.394. The number of ether oxygens (including phenoxy) is 1. The molecular weight excluding hydrogens is 310 g/mol. The number of furan rings is 1. The highest BCUT2D eigenvalue weighted by atomic mass is 32.1. The lowest BCUT2D eigenvalue weighted by Gasteiger charge is -2.08. The van der Waals surface area contributed by atoms with E-state index in [9.17, 15) is 0 Å². The summed E-state index contributed by atoms with van der Waals surface area (Å²) < 4.78 is 10.7. The molecule has 6 heteroatoms. The van der Waals surface area contributed by atoms with Crippen LogP contribution < -0.4 is 15.5 Å². The Labute approximate surface area is 141 Å². The SMILES string of the molecule is CC(C)=CCOc1ccc(NC(=S)N/N=C/c2ccco2)cc1. The Balaban J connectivity index is 1.78. The van der Waals surface area contributed by atoms with Crippen molar-refractivity contribution < 1.29 is 9.15 Å². The largest absolute Gasteiger partial charge is 0.490 e. The fourth-order valence-electron chi connectivity index (χ4n) is 1.62. The number of anilines is 1. The van der Waals surface area contributed by atoms with Gasteiger partial charge in [-0.3, -0.25) is 5.43 Å². The van der Waals surface area contributed by atoms with Gasteiger partial charge in [0.15, 0.2) is 5.11 Å². The van der Waals surface area contributed by atoms with Crippen LogP contribution in [0.5, 0.6) is 5.75 Å². The van der Waals surface area contributed by atoms with Gasteiger partial charge in [0.2, 0.25) is 0 Å². The van der Waals surface area contributed by atoms with Gasteiger partial charge in [-0.1, -0.05) is 5.57 Å². The van der Waals surface area contributed by atoms with Crippen LogP contribution >= 0.6 is 12.2 Å². The van der Waals surface area contributed by atoms with Crippen molar-refractivity contribution in [3.63, 3.8) is 0 Å². The summed E-state index contributed by atoms with van der Waals surface area (Å²) in [6, 6.07) is 11.1. The minimum Gasteiger partial charge on any atom is -0.490 e. The molecular formula is C17H19N3O2S. The predicted octanol–water partition coefficient (Wildman–Crippen LogP) is 3.95. The van der Waals surface area contributed by atoms with Crippen LogP contribution in [0.3, 0.4) is 0 Å². The van der Waals surface area contributed by atoms with Crippen molar-refractivity contribution in [3.8, 4) is 5.75 Å². The third kappa shape index (κ3) is 6.36. The molecule has 0 aliphatic rings. The van der Waals surface area contributed by atoms with E-state index in [4.69, 9.17) is 21.4 Å². The molecule has 120 valence electrons. The molecule has 0 aliphatic heterocycles. The van der Waals surface area contributed by atoms with Crippen LogP contribution in [0.25, 0.3) is 0 Å². The van der Waals surface area contributed by atoms with E-state index in [-0.39, 0.29) is 0 Å². The van der Waals surface area contributed by atoms with Crippen LogP contribution in [-0.4, -0.2) is 17.9 Å². The molecule has 0 fully saturated rings. The van der Waals surface area contributed by atoms with E-state index in [0.717, 1.165) is 11.4 Å². The number of hydrazone groups is 1. The maximum atomic E-state index is 5.60. The number of nitrogens with zero attached hydrogens (tertiary/aromatic N) is 1. The summed E-state index contributed by atoms with van der Waals surface area (Å²) in [4.78, 5) is 0. The smallest absolute Gasteiger partial charge is 0.191 e. The Morgan fingerprint density at radius 2 is 2.04 bits per heavy atom. The number of benzene rings is 1. The fraction of sp³-hybridized carbons (Fsp3) is 0.176. The second kappa shape index (κ2) is 8.75. The van der Waals surface area contributed by atoms with Gasteiger partial charge < -0.3 is 14.5 Å². The summed E-state index contributed by atoms with van der Waals surface area (Å²) in [5.74, 6) is 1.46. The first-order valence-corrected chi connectivity index (χ1v) is 7.54. The van der Waals surface area contributed by atoms with E-state index < -0.39 is 0 Å². The lowest BCUT2D eigenvalue weighted by atomic mass is 10.3. The average molecular weight is 329 g/mol. The van der Waals surface area contributed by atoms with Gasteiger partial charge in [-0.2, -0.15) is 5.10 Å². The molecule has 0 radical (unpaired) electrons. The molecule has 0 aliphatic carbocycles. The summed E-state index contributed by atoms with van der Waals surface area (Å²) in [6.45, 7) is 4.65. The first-order chi connectivity index (χ1) is 11.1. The van der Waals surface area contributed by atoms with Crippen molar-refractivity contribution in [3.05, 3.63) is 60.1 Å². The van der Waals surface area contributed by atoms with Crippen LogP contribution in [0.4, 0.5) is 5.69 Å². The third-order valence-electron chi connectivity index (χ3n) is 2.75. The number of nitrogens with one attached hydrogen (secondary N) is 2. The van der Waals surface area contributed by atoms with Gasteiger partial charge in [0.1, 0.15) is 18.1 Å². The molecule has 23 heavy (non-hydrogen) atoms. The van der Waals surface area contributed by atoms with Crippen LogP contribution in [0, 0.1) is 0 Å². The maximum Gasteiger partial charge on any atom is 0.191 e. The highest BCUT2D eigenvalue weighted by Gasteiger charge is 1.98. The molecule has 2 rings (SSSR count). The first kappa shape index (κ1) is 16.8. The molecule has 0 spiro atoms.